The summed E-state index contributed by atoms with van der Waals surface area (Å²) in [6, 6.07) is 3.81. The summed E-state index contributed by atoms with van der Waals surface area (Å²) in [6.45, 7) is 2.59. The molecule has 0 aliphatic carbocycles. The second-order valence-electron chi connectivity index (χ2n) is 4.85. The number of ether oxygens (including phenoxy) is 1. The van der Waals surface area contributed by atoms with Gasteiger partial charge in [-0.15, -0.1) is 0 Å². The van der Waals surface area contributed by atoms with Crippen LogP contribution < -0.4 is 0 Å². The van der Waals surface area contributed by atoms with Crippen LogP contribution in [0.3, 0.4) is 0 Å². The fraction of sp³-hybridized carbons (Fsp3) is 0.533. The van der Waals surface area contributed by atoms with Gasteiger partial charge in [0.2, 0.25) is 5.90 Å². The van der Waals surface area contributed by atoms with E-state index in [1.165, 1.54) is 37.5 Å². The Labute approximate surface area is 112 Å². The van der Waals surface area contributed by atoms with Crippen molar-refractivity contribution < 1.29 is 13.5 Å². The first-order valence-corrected chi connectivity index (χ1v) is 6.87. The van der Waals surface area contributed by atoms with Crippen molar-refractivity contribution >= 4 is 5.90 Å². The van der Waals surface area contributed by atoms with Crippen LogP contribution in [0.4, 0.5) is 8.78 Å². The number of hydrogen-bond donors (Lipinski definition) is 0. The van der Waals surface area contributed by atoms with Crippen LogP contribution >= 0.6 is 0 Å². The van der Waals surface area contributed by atoms with Crippen molar-refractivity contribution in [1.29, 1.82) is 0 Å². The second kappa shape index (κ2) is 6.64. The van der Waals surface area contributed by atoms with Crippen LogP contribution in [0.5, 0.6) is 0 Å². The van der Waals surface area contributed by atoms with Gasteiger partial charge >= 0.3 is 0 Å². The zero-order chi connectivity index (χ0) is 13.7. The number of halogens is 2. The van der Waals surface area contributed by atoms with Crippen LogP contribution in [0.15, 0.2) is 23.2 Å². The average molecular weight is 267 g/mol. The van der Waals surface area contributed by atoms with Crippen molar-refractivity contribution in [3.63, 3.8) is 0 Å². The summed E-state index contributed by atoms with van der Waals surface area (Å²) in [5.74, 6) is -1.13. The molecular weight excluding hydrogens is 248 g/mol. The smallest absolute Gasteiger partial charge is 0.222 e. The van der Waals surface area contributed by atoms with E-state index in [1.807, 2.05) is 0 Å². The molecule has 1 aliphatic rings. The van der Waals surface area contributed by atoms with Gasteiger partial charge in [-0.2, -0.15) is 0 Å². The molecule has 1 unspecified atom stereocenters. The van der Waals surface area contributed by atoms with E-state index in [0.29, 0.717) is 6.61 Å². The Hall–Kier alpha value is -1.45. The molecule has 0 fully saturated rings. The van der Waals surface area contributed by atoms with E-state index in [0.717, 1.165) is 12.8 Å². The van der Waals surface area contributed by atoms with E-state index in [1.54, 1.807) is 0 Å². The Morgan fingerprint density at radius 3 is 2.63 bits per heavy atom. The number of nitrogens with zero attached hydrogens (tertiary/aromatic N) is 1. The molecule has 0 N–H and O–H groups in total. The highest BCUT2D eigenvalue weighted by molar-refractivity contribution is 5.95. The quantitative estimate of drug-likeness (QED) is 0.712. The van der Waals surface area contributed by atoms with Crippen molar-refractivity contribution in [3.05, 3.63) is 35.4 Å². The molecule has 1 aromatic rings. The van der Waals surface area contributed by atoms with Crippen LogP contribution in [0.1, 0.15) is 44.6 Å². The van der Waals surface area contributed by atoms with Crippen molar-refractivity contribution in [2.75, 3.05) is 6.61 Å². The molecule has 104 valence electrons. The fourth-order valence-corrected chi connectivity index (χ4v) is 2.21. The summed E-state index contributed by atoms with van der Waals surface area (Å²) in [7, 11) is 0. The van der Waals surface area contributed by atoms with Gasteiger partial charge in [0.1, 0.15) is 23.8 Å². The van der Waals surface area contributed by atoms with E-state index in [4.69, 9.17) is 4.74 Å². The maximum atomic E-state index is 13.6. The number of benzene rings is 1. The Morgan fingerprint density at radius 2 is 1.95 bits per heavy atom. The molecule has 2 rings (SSSR count). The topological polar surface area (TPSA) is 21.6 Å². The zero-order valence-corrected chi connectivity index (χ0v) is 11.2. The lowest BCUT2D eigenvalue weighted by atomic mass is 10.1. The van der Waals surface area contributed by atoms with Gasteiger partial charge in [-0.1, -0.05) is 38.7 Å². The summed E-state index contributed by atoms with van der Waals surface area (Å²) in [4.78, 5) is 4.29. The first-order valence-electron chi connectivity index (χ1n) is 6.87. The zero-order valence-electron chi connectivity index (χ0n) is 11.2. The lowest BCUT2D eigenvalue weighted by Gasteiger charge is -2.03. The Balaban J connectivity index is 1.99. The minimum absolute atomic E-state index is 0.0332. The third-order valence-electron chi connectivity index (χ3n) is 3.28. The van der Waals surface area contributed by atoms with Crippen LogP contribution in [0.2, 0.25) is 0 Å². The molecule has 4 heteroatoms. The third-order valence-corrected chi connectivity index (χ3v) is 3.28. The number of hydrogen-bond acceptors (Lipinski definition) is 2. The standard InChI is InChI=1S/C15H19F2NO/c1-2-3-4-5-7-11-10-19-15(18-11)14-12(16)8-6-9-13(14)17/h6,8-9,11H,2-5,7,10H2,1H3. The summed E-state index contributed by atoms with van der Waals surface area (Å²) in [5, 5.41) is 0. The van der Waals surface area contributed by atoms with E-state index in [2.05, 4.69) is 11.9 Å². The molecule has 1 aliphatic heterocycles. The fourth-order valence-electron chi connectivity index (χ4n) is 2.21. The normalized spacial score (nSPS) is 18.3. The average Bonchev–Trinajstić information content (AvgIpc) is 2.83. The Bertz CT molecular complexity index is 439. The van der Waals surface area contributed by atoms with Crippen molar-refractivity contribution in [1.82, 2.24) is 0 Å². The van der Waals surface area contributed by atoms with E-state index in [-0.39, 0.29) is 17.5 Å². The van der Waals surface area contributed by atoms with Crippen LogP contribution in [0.25, 0.3) is 0 Å². The second-order valence-corrected chi connectivity index (χ2v) is 4.85. The molecule has 1 aromatic carbocycles. The van der Waals surface area contributed by atoms with E-state index in [9.17, 15) is 8.78 Å². The molecule has 0 saturated heterocycles. The van der Waals surface area contributed by atoms with Crippen LogP contribution in [0, 0.1) is 11.6 Å². The van der Waals surface area contributed by atoms with Crippen molar-refractivity contribution in [3.8, 4) is 0 Å². The minimum Gasteiger partial charge on any atom is -0.475 e. The monoisotopic (exact) mass is 267 g/mol. The third kappa shape index (κ3) is 3.52. The summed E-state index contributed by atoms with van der Waals surface area (Å²) in [6.07, 6.45) is 5.58. The molecule has 0 radical (unpaired) electrons. The molecule has 19 heavy (non-hydrogen) atoms. The predicted octanol–water partition coefficient (Wildman–Crippen LogP) is 4.08. The number of unbranched alkanes of at least 4 members (excludes halogenated alkanes) is 3. The first-order chi connectivity index (χ1) is 9.22. The highest BCUT2D eigenvalue weighted by Gasteiger charge is 2.24. The molecule has 2 nitrogen and oxygen atoms in total. The first kappa shape index (κ1) is 14.0. The Kier molecular flexibility index (Phi) is 4.88. The summed E-state index contributed by atoms with van der Waals surface area (Å²) < 4.78 is 32.5. The molecule has 1 atom stereocenters. The largest absolute Gasteiger partial charge is 0.475 e. The lowest BCUT2D eigenvalue weighted by Crippen LogP contribution is -2.07. The number of aliphatic imine (C=N–C) groups is 1. The molecular formula is C15H19F2NO. The van der Waals surface area contributed by atoms with Gasteiger partial charge < -0.3 is 4.74 Å². The van der Waals surface area contributed by atoms with Gasteiger partial charge in [-0.25, -0.2) is 13.8 Å². The molecule has 0 aromatic heterocycles. The molecule has 0 bridgehead atoms. The van der Waals surface area contributed by atoms with Gasteiger partial charge in [-0.3, -0.25) is 0 Å². The van der Waals surface area contributed by atoms with Gasteiger partial charge in [0.05, 0.1) is 6.04 Å². The Morgan fingerprint density at radius 1 is 1.21 bits per heavy atom. The van der Waals surface area contributed by atoms with Crippen molar-refractivity contribution in [2.24, 2.45) is 4.99 Å². The van der Waals surface area contributed by atoms with Gasteiger partial charge in [0.25, 0.3) is 0 Å². The summed E-state index contributed by atoms with van der Waals surface area (Å²) in [5.41, 5.74) is -0.140. The molecule has 0 amide bonds. The van der Waals surface area contributed by atoms with E-state index >= 15 is 0 Å². The van der Waals surface area contributed by atoms with Gasteiger partial charge in [-0.05, 0) is 18.6 Å². The maximum Gasteiger partial charge on any atom is 0.222 e. The van der Waals surface area contributed by atoms with Crippen LogP contribution in [-0.2, 0) is 4.74 Å². The molecule has 1 heterocycles. The summed E-state index contributed by atoms with van der Waals surface area (Å²) >= 11 is 0. The van der Waals surface area contributed by atoms with Crippen molar-refractivity contribution in [2.45, 2.75) is 45.1 Å². The SMILES string of the molecule is CCCCCCC1COC(c2c(F)cccc2F)=N1. The molecule has 0 spiro atoms. The highest BCUT2D eigenvalue weighted by atomic mass is 19.1. The predicted molar refractivity (Wildman–Crippen MR) is 71.4 cm³/mol. The molecule has 0 saturated carbocycles. The maximum absolute atomic E-state index is 13.6. The highest BCUT2D eigenvalue weighted by Crippen LogP contribution is 2.20. The number of rotatable bonds is 6. The van der Waals surface area contributed by atoms with Gasteiger partial charge in [0.15, 0.2) is 0 Å². The van der Waals surface area contributed by atoms with Crippen LogP contribution in [-0.4, -0.2) is 18.5 Å². The van der Waals surface area contributed by atoms with E-state index < -0.39 is 11.6 Å². The van der Waals surface area contributed by atoms with Gasteiger partial charge in [0, 0.05) is 0 Å². The lowest BCUT2D eigenvalue weighted by molar-refractivity contribution is 0.307. The minimum atomic E-state index is -0.620.